The fourth-order valence-electron chi connectivity index (χ4n) is 5.03. The van der Waals surface area contributed by atoms with Crippen LogP contribution in [-0.4, -0.2) is 47.9 Å². The Morgan fingerprint density at radius 3 is 2.49 bits per heavy atom. The number of aromatic nitrogens is 1. The van der Waals surface area contributed by atoms with Gasteiger partial charge in [-0.05, 0) is 81.5 Å². The van der Waals surface area contributed by atoms with Crippen LogP contribution in [0.2, 0.25) is 5.02 Å². The molecule has 1 unspecified atom stereocenters. The lowest BCUT2D eigenvalue weighted by atomic mass is 9.94. The molecule has 1 N–H and O–H groups in total. The first-order chi connectivity index (χ1) is 19.4. The van der Waals surface area contributed by atoms with E-state index in [9.17, 15) is 19.2 Å². The number of ether oxygens (including phenoxy) is 2. The zero-order valence-corrected chi connectivity index (χ0v) is 24.8. The van der Waals surface area contributed by atoms with Crippen molar-refractivity contribution in [2.24, 2.45) is 0 Å². The Kier molecular flexibility index (Phi) is 9.14. The molecule has 1 amide bonds. The number of pyridine rings is 1. The van der Waals surface area contributed by atoms with Crippen molar-refractivity contribution in [2.45, 2.75) is 58.6 Å². The topological polar surface area (TPSA) is 104 Å². The van der Waals surface area contributed by atoms with Crippen molar-refractivity contribution < 1.29 is 23.9 Å². The summed E-state index contributed by atoms with van der Waals surface area (Å²) in [4.78, 5) is 51.9. The molecule has 41 heavy (non-hydrogen) atoms. The van der Waals surface area contributed by atoms with Crippen molar-refractivity contribution in [1.82, 2.24) is 9.88 Å². The van der Waals surface area contributed by atoms with Gasteiger partial charge >= 0.3 is 0 Å². The van der Waals surface area contributed by atoms with Crippen LogP contribution < -0.4 is 15.6 Å². The average molecular weight is 579 g/mol. The SMILES string of the molecule is COc1cn(C(CCOC(C)(C)C)C(=O)Cc2ccc3c(c2)CCNC3=O)c(=O)cc1-c1cc(Cl)ccc1C(C)=O. The van der Waals surface area contributed by atoms with Gasteiger partial charge in [0.2, 0.25) is 0 Å². The maximum Gasteiger partial charge on any atom is 0.252 e. The number of nitrogens with zero attached hydrogens (tertiary/aromatic N) is 1. The van der Waals surface area contributed by atoms with Crippen molar-refractivity contribution in [3.63, 3.8) is 0 Å². The second kappa shape index (κ2) is 12.4. The van der Waals surface area contributed by atoms with Crippen LogP contribution in [0.15, 0.2) is 53.5 Å². The quantitative estimate of drug-likeness (QED) is 0.331. The number of rotatable bonds is 10. The Morgan fingerprint density at radius 1 is 1.05 bits per heavy atom. The van der Waals surface area contributed by atoms with Crippen LogP contribution in [0.5, 0.6) is 5.75 Å². The molecule has 216 valence electrons. The molecule has 0 fully saturated rings. The van der Waals surface area contributed by atoms with E-state index in [-0.39, 0.29) is 36.9 Å². The zero-order valence-electron chi connectivity index (χ0n) is 24.0. The first-order valence-electron chi connectivity index (χ1n) is 13.6. The van der Waals surface area contributed by atoms with E-state index in [1.54, 1.807) is 30.3 Å². The molecule has 2 heterocycles. The predicted molar refractivity (Wildman–Crippen MR) is 158 cm³/mol. The Morgan fingerprint density at radius 2 is 1.80 bits per heavy atom. The zero-order chi connectivity index (χ0) is 29.9. The summed E-state index contributed by atoms with van der Waals surface area (Å²) in [5.74, 6) is -0.152. The number of carbonyl (C=O) groups is 3. The summed E-state index contributed by atoms with van der Waals surface area (Å²) >= 11 is 6.24. The molecule has 0 aliphatic carbocycles. The number of hydrogen-bond donors (Lipinski definition) is 1. The molecule has 1 aliphatic heterocycles. The highest BCUT2D eigenvalue weighted by molar-refractivity contribution is 6.31. The molecule has 2 aromatic carbocycles. The van der Waals surface area contributed by atoms with Gasteiger partial charge in [-0.15, -0.1) is 0 Å². The Labute approximate surface area is 244 Å². The minimum Gasteiger partial charge on any atom is -0.495 e. The average Bonchev–Trinajstić information content (AvgIpc) is 2.90. The molecule has 0 bridgehead atoms. The fraction of sp³-hybridized carbons (Fsp3) is 0.375. The number of ketones is 2. The van der Waals surface area contributed by atoms with Crippen molar-refractivity contribution >= 4 is 29.1 Å². The molecule has 1 aromatic heterocycles. The van der Waals surface area contributed by atoms with Gasteiger partial charge in [-0.2, -0.15) is 0 Å². The number of methoxy groups -OCH3 is 1. The van der Waals surface area contributed by atoms with Crippen LogP contribution in [0.4, 0.5) is 0 Å². The molecule has 3 aromatic rings. The van der Waals surface area contributed by atoms with Crippen molar-refractivity contribution in [3.8, 4) is 16.9 Å². The van der Waals surface area contributed by atoms with E-state index in [1.807, 2.05) is 26.8 Å². The summed E-state index contributed by atoms with van der Waals surface area (Å²) in [6, 6.07) is 10.8. The van der Waals surface area contributed by atoms with Crippen LogP contribution in [-0.2, 0) is 22.4 Å². The second-order valence-electron chi connectivity index (χ2n) is 11.2. The largest absolute Gasteiger partial charge is 0.495 e. The monoisotopic (exact) mass is 578 g/mol. The van der Waals surface area contributed by atoms with E-state index in [2.05, 4.69) is 5.32 Å². The van der Waals surface area contributed by atoms with E-state index in [1.165, 1.54) is 30.9 Å². The minimum atomic E-state index is -0.834. The fourth-order valence-corrected chi connectivity index (χ4v) is 5.21. The number of Topliss-reactive ketones (excluding diaryl/α,β-unsaturated/α-hetero) is 2. The van der Waals surface area contributed by atoms with E-state index in [4.69, 9.17) is 21.1 Å². The predicted octanol–water partition coefficient (Wildman–Crippen LogP) is 5.22. The lowest BCUT2D eigenvalue weighted by Crippen LogP contribution is -2.33. The van der Waals surface area contributed by atoms with E-state index < -0.39 is 17.2 Å². The third kappa shape index (κ3) is 7.13. The highest BCUT2D eigenvalue weighted by Crippen LogP contribution is 2.34. The van der Waals surface area contributed by atoms with Crippen molar-refractivity contribution in [2.75, 3.05) is 20.3 Å². The second-order valence-corrected chi connectivity index (χ2v) is 11.6. The minimum absolute atomic E-state index is 0.0777. The summed E-state index contributed by atoms with van der Waals surface area (Å²) in [5, 5.41) is 3.23. The summed E-state index contributed by atoms with van der Waals surface area (Å²) in [6.07, 6.45) is 2.55. The van der Waals surface area contributed by atoms with Gasteiger partial charge in [0.05, 0.1) is 24.9 Å². The molecule has 9 heteroatoms. The Bertz CT molecular complexity index is 1550. The summed E-state index contributed by atoms with van der Waals surface area (Å²) < 4.78 is 12.9. The van der Waals surface area contributed by atoms with Crippen LogP contribution in [0.1, 0.15) is 72.0 Å². The number of carbonyl (C=O) groups excluding carboxylic acids is 3. The molecule has 0 radical (unpaired) electrons. The molecule has 0 saturated heterocycles. The van der Waals surface area contributed by atoms with Crippen molar-refractivity contribution in [1.29, 1.82) is 0 Å². The van der Waals surface area contributed by atoms with Gasteiger partial charge in [-0.3, -0.25) is 19.2 Å². The number of halogens is 1. The molecule has 0 saturated carbocycles. The molecule has 4 rings (SSSR count). The first-order valence-corrected chi connectivity index (χ1v) is 13.9. The maximum atomic E-state index is 13.8. The van der Waals surface area contributed by atoms with E-state index >= 15 is 0 Å². The first kappa shape index (κ1) is 30.2. The van der Waals surface area contributed by atoms with Crippen LogP contribution in [0.25, 0.3) is 11.1 Å². The van der Waals surface area contributed by atoms with Gasteiger partial charge in [0.15, 0.2) is 11.6 Å². The van der Waals surface area contributed by atoms with Gasteiger partial charge in [-0.25, -0.2) is 0 Å². The summed E-state index contributed by atoms with van der Waals surface area (Å²) in [5.41, 5.74) is 2.72. The molecule has 1 atom stereocenters. The van der Waals surface area contributed by atoms with Gasteiger partial charge < -0.3 is 19.4 Å². The third-order valence-corrected chi connectivity index (χ3v) is 7.26. The maximum absolute atomic E-state index is 13.8. The van der Waals surface area contributed by atoms with Gasteiger partial charge in [-0.1, -0.05) is 23.7 Å². The normalized spacial score (nSPS) is 13.8. The lowest BCUT2D eigenvalue weighted by molar-refractivity contribution is -0.122. The van der Waals surface area contributed by atoms with Gasteiger partial charge in [0.1, 0.15) is 5.75 Å². The van der Waals surface area contributed by atoms with Gasteiger partial charge in [0, 0.05) is 47.4 Å². The highest BCUT2D eigenvalue weighted by atomic mass is 35.5. The third-order valence-electron chi connectivity index (χ3n) is 7.02. The van der Waals surface area contributed by atoms with E-state index in [0.717, 1.165) is 11.1 Å². The molecule has 8 nitrogen and oxygen atoms in total. The van der Waals surface area contributed by atoms with Crippen LogP contribution in [0, 0.1) is 0 Å². The van der Waals surface area contributed by atoms with E-state index in [0.29, 0.717) is 46.0 Å². The number of fused-ring (bicyclic) bond motifs is 1. The number of benzene rings is 2. The summed E-state index contributed by atoms with van der Waals surface area (Å²) in [6.45, 7) is 8.02. The molecular formula is C32H35ClN2O6. The number of hydrogen-bond acceptors (Lipinski definition) is 6. The molecule has 0 spiro atoms. The van der Waals surface area contributed by atoms with Crippen molar-refractivity contribution in [3.05, 3.63) is 86.3 Å². The molecular weight excluding hydrogens is 544 g/mol. The highest BCUT2D eigenvalue weighted by Gasteiger charge is 2.26. The Hall–Kier alpha value is -3.75. The van der Waals surface area contributed by atoms with Crippen LogP contribution >= 0.6 is 11.6 Å². The number of amides is 1. The number of nitrogens with one attached hydrogen (secondary N) is 1. The van der Waals surface area contributed by atoms with Gasteiger partial charge in [0.25, 0.3) is 11.5 Å². The standard InChI is InChI=1S/C32H35ClN2O6/c1-19(36)23-9-7-22(33)16-25(23)26-17-30(38)35(18-29(26)40-5)27(11-13-41-32(2,3)4)28(37)15-20-6-8-24-21(14-20)10-12-34-31(24)39/h6-9,14,16-18,27H,10-13,15H2,1-5H3,(H,34,39). The Balaban J connectivity index is 1.73. The molecule has 1 aliphatic rings. The smallest absolute Gasteiger partial charge is 0.252 e. The van der Waals surface area contributed by atoms with Crippen LogP contribution in [0.3, 0.4) is 0 Å². The summed E-state index contributed by atoms with van der Waals surface area (Å²) in [7, 11) is 1.47. The lowest BCUT2D eigenvalue weighted by Gasteiger charge is -2.24.